The summed E-state index contributed by atoms with van der Waals surface area (Å²) in [5, 5.41) is 7.59. The lowest BCUT2D eigenvalue weighted by Crippen LogP contribution is -2.29. The molecule has 2 N–H and O–H groups in total. The van der Waals surface area contributed by atoms with Gasteiger partial charge in [0.1, 0.15) is 4.90 Å². The van der Waals surface area contributed by atoms with E-state index in [1.165, 1.54) is 0 Å². The van der Waals surface area contributed by atoms with Crippen molar-refractivity contribution >= 4 is 10.0 Å². The molecule has 1 aliphatic rings. The van der Waals surface area contributed by atoms with Crippen LogP contribution >= 0.6 is 0 Å². The maximum absolute atomic E-state index is 12.6. The molecular weight excluding hydrogens is 288 g/mol. The monoisotopic (exact) mass is 314 g/mol. The van der Waals surface area contributed by atoms with E-state index in [4.69, 9.17) is 0 Å². The van der Waals surface area contributed by atoms with Crippen LogP contribution in [0.4, 0.5) is 0 Å². The van der Waals surface area contributed by atoms with Gasteiger partial charge in [-0.15, -0.1) is 0 Å². The van der Waals surface area contributed by atoms with E-state index < -0.39 is 10.0 Å². The number of rotatable bonds is 7. The topological polar surface area (TPSA) is 76.0 Å². The lowest BCUT2D eigenvalue weighted by Gasteiger charge is -2.09. The van der Waals surface area contributed by atoms with Crippen LogP contribution in [0.25, 0.3) is 0 Å². The van der Waals surface area contributed by atoms with Crippen LogP contribution in [-0.2, 0) is 16.6 Å². The van der Waals surface area contributed by atoms with Gasteiger partial charge in [0.05, 0.1) is 17.9 Å². The predicted octanol–water partition coefficient (Wildman–Crippen LogP) is 1.19. The highest BCUT2D eigenvalue weighted by molar-refractivity contribution is 7.89. The SMILES string of the molecule is CCNCCn1nc(C)c(S(=O)(=O)NC2CC2(C)C)c1C. The Kier molecular flexibility index (Phi) is 4.46. The number of nitrogens with zero attached hydrogens (tertiary/aromatic N) is 2. The third-order valence-corrected chi connectivity index (χ3v) is 5.87. The quantitative estimate of drug-likeness (QED) is 0.741. The molecule has 0 spiro atoms. The number of nitrogens with one attached hydrogen (secondary N) is 2. The zero-order valence-corrected chi connectivity index (χ0v) is 14.3. The van der Waals surface area contributed by atoms with Crippen LogP contribution in [0.1, 0.15) is 38.6 Å². The lowest BCUT2D eigenvalue weighted by molar-refractivity contribution is 0.546. The first-order valence-corrected chi connectivity index (χ1v) is 8.94. The van der Waals surface area contributed by atoms with E-state index in [9.17, 15) is 8.42 Å². The molecule has 6 nitrogen and oxygen atoms in total. The number of likely N-dealkylation sites (N-methyl/N-ethyl adjacent to an activating group) is 1. The Bertz CT molecular complexity index is 619. The van der Waals surface area contributed by atoms with Crippen molar-refractivity contribution in [1.82, 2.24) is 19.8 Å². The van der Waals surface area contributed by atoms with Crippen LogP contribution in [0.2, 0.25) is 0 Å². The van der Waals surface area contributed by atoms with Gasteiger partial charge < -0.3 is 5.32 Å². The zero-order valence-electron chi connectivity index (χ0n) is 13.5. The molecule has 1 unspecified atom stereocenters. The van der Waals surface area contributed by atoms with Crippen molar-refractivity contribution in [3.05, 3.63) is 11.4 Å². The van der Waals surface area contributed by atoms with E-state index in [2.05, 4.69) is 29.0 Å². The van der Waals surface area contributed by atoms with E-state index in [1.807, 2.05) is 13.8 Å². The highest BCUT2D eigenvalue weighted by atomic mass is 32.2. The van der Waals surface area contributed by atoms with Crippen LogP contribution in [0.3, 0.4) is 0 Å². The van der Waals surface area contributed by atoms with Gasteiger partial charge in [-0.25, -0.2) is 13.1 Å². The summed E-state index contributed by atoms with van der Waals surface area (Å²) in [5.41, 5.74) is 1.34. The average Bonchev–Trinajstić information content (AvgIpc) is 2.80. The predicted molar refractivity (Wildman–Crippen MR) is 82.8 cm³/mol. The summed E-state index contributed by atoms with van der Waals surface area (Å²) in [6.45, 7) is 12.1. The molecule has 0 bridgehead atoms. The second-order valence-corrected chi connectivity index (χ2v) is 8.09. The average molecular weight is 314 g/mol. The second kappa shape index (κ2) is 5.70. The van der Waals surface area contributed by atoms with E-state index in [1.54, 1.807) is 11.6 Å². The van der Waals surface area contributed by atoms with Crippen molar-refractivity contribution in [3.63, 3.8) is 0 Å². The summed E-state index contributed by atoms with van der Waals surface area (Å²) in [6.07, 6.45) is 0.888. The minimum Gasteiger partial charge on any atom is -0.315 e. The van der Waals surface area contributed by atoms with Crippen LogP contribution in [0.5, 0.6) is 0 Å². The highest BCUT2D eigenvalue weighted by Crippen LogP contribution is 2.45. The molecule has 0 saturated heterocycles. The summed E-state index contributed by atoms with van der Waals surface area (Å²) >= 11 is 0. The standard InChI is InChI=1S/C14H26N4O2S/c1-6-15-7-8-18-11(3)13(10(2)16-18)21(19,20)17-12-9-14(12,4)5/h12,15,17H,6-9H2,1-5H3. The number of sulfonamides is 1. The Morgan fingerprint density at radius 2 is 2.00 bits per heavy atom. The molecule has 1 aromatic heterocycles. The smallest absolute Gasteiger partial charge is 0.244 e. The molecule has 120 valence electrons. The number of aromatic nitrogens is 2. The third kappa shape index (κ3) is 3.46. The summed E-state index contributed by atoms with van der Waals surface area (Å²) in [4.78, 5) is 0.335. The molecule has 1 aliphatic carbocycles. The van der Waals surface area contributed by atoms with Crippen molar-refractivity contribution in [2.75, 3.05) is 13.1 Å². The molecule has 1 fully saturated rings. The van der Waals surface area contributed by atoms with E-state index in [-0.39, 0.29) is 11.5 Å². The van der Waals surface area contributed by atoms with Gasteiger partial charge in [-0.3, -0.25) is 4.68 Å². The second-order valence-electron chi connectivity index (χ2n) is 6.44. The minimum absolute atomic E-state index is 0.0337. The molecular formula is C14H26N4O2S. The van der Waals surface area contributed by atoms with Crippen LogP contribution in [0, 0.1) is 19.3 Å². The summed E-state index contributed by atoms with van der Waals surface area (Å²) in [6, 6.07) is 0.0337. The first-order chi connectivity index (χ1) is 9.69. The van der Waals surface area contributed by atoms with Crippen molar-refractivity contribution in [1.29, 1.82) is 0 Å². The van der Waals surface area contributed by atoms with E-state index in [0.717, 1.165) is 19.5 Å². The molecule has 7 heteroatoms. The Balaban J connectivity index is 2.19. The molecule has 0 amide bonds. The highest BCUT2D eigenvalue weighted by Gasteiger charge is 2.48. The lowest BCUT2D eigenvalue weighted by atomic mass is 10.2. The molecule has 0 radical (unpaired) electrons. The largest absolute Gasteiger partial charge is 0.315 e. The van der Waals surface area contributed by atoms with Gasteiger partial charge in [0.15, 0.2) is 0 Å². The summed E-state index contributed by atoms with van der Waals surface area (Å²) in [7, 11) is -3.49. The van der Waals surface area contributed by atoms with Gasteiger partial charge in [0.25, 0.3) is 0 Å². The van der Waals surface area contributed by atoms with Crippen LogP contribution in [-0.4, -0.2) is 37.3 Å². The Labute approximate surface area is 127 Å². The fourth-order valence-corrected chi connectivity index (χ4v) is 4.38. The van der Waals surface area contributed by atoms with Gasteiger partial charge in [-0.1, -0.05) is 20.8 Å². The molecule has 2 rings (SSSR count). The Hall–Kier alpha value is -0.920. The minimum atomic E-state index is -3.49. The maximum atomic E-state index is 12.6. The van der Waals surface area contributed by atoms with Gasteiger partial charge in [-0.2, -0.15) is 5.10 Å². The van der Waals surface area contributed by atoms with Crippen LogP contribution < -0.4 is 10.0 Å². The zero-order chi connectivity index (χ0) is 15.8. The summed E-state index contributed by atoms with van der Waals surface area (Å²) in [5.74, 6) is 0. The van der Waals surface area contributed by atoms with Crippen molar-refractivity contribution in [2.45, 2.75) is 58.5 Å². The first-order valence-electron chi connectivity index (χ1n) is 7.46. The fraction of sp³-hybridized carbons (Fsp3) is 0.786. The molecule has 21 heavy (non-hydrogen) atoms. The van der Waals surface area contributed by atoms with Gasteiger partial charge >= 0.3 is 0 Å². The number of hydrogen-bond donors (Lipinski definition) is 2. The molecule has 0 aliphatic heterocycles. The first kappa shape index (κ1) is 16.5. The fourth-order valence-electron chi connectivity index (χ4n) is 2.56. The molecule has 1 saturated carbocycles. The van der Waals surface area contributed by atoms with Gasteiger partial charge in [-0.05, 0) is 32.2 Å². The van der Waals surface area contributed by atoms with Gasteiger partial charge in [0, 0.05) is 12.6 Å². The Morgan fingerprint density at radius 1 is 1.38 bits per heavy atom. The number of hydrogen-bond acceptors (Lipinski definition) is 4. The van der Waals surface area contributed by atoms with E-state index in [0.29, 0.717) is 22.8 Å². The maximum Gasteiger partial charge on any atom is 0.244 e. The molecule has 1 aromatic rings. The van der Waals surface area contributed by atoms with Gasteiger partial charge in [0.2, 0.25) is 10.0 Å². The van der Waals surface area contributed by atoms with Crippen molar-refractivity contribution in [3.8, 4) is 0 Å². The molecule has 0 aromatic carbocycles. The molecule has 1 atom stereocenters. The third-order valence-electron chi connectivity index (χ3n) is 4.15. The van der Waals surface area contributed by atoms with Crippen molar-refractivity contribution in [2.24, 2.45) is 5.41 Å². The Morgan fingerprint density at radius 3 is 2.52 bits per heavy atom. The summed E-state index contributed by atoms with van der Waals surface area (Å²) < 4.78 is 29.7. The normalized spacial score (nSPS) is 20.7. The van der Waals surface area contributed by atoms with E-state index >= 15 is 0 Å². The van der Waals surface area contributed by atoms with Crippen molar-refractivity contribution < 1.29 is 8.42 Å². The van der Waals surface area contributed by atoms with Crippen LogP contribution in [0.15, 0.2) is 4.90 Å². The molecule has 1 heterocycles. The number of aryl methyl sites for hydroxylation is 1.